The van der Waals surface area contributed by atoms with Gasteiger partial charge >= 0.3 is 5.97 Å². The molecule has 3 nitrogen and oxygen atoms in total. The lowest BCUT2D eigenvalue weighted by Gasteiger charge is -2.23. The van der Waals surface area contributed by atoms with Gasteiger partial charge in [-0.2, -0.15) is 0 Å². The number of carbonyl (C=O) groups is 1. The van der Waals surface area contributed by atoms with Gasteiger partial charge < -0.3 is 9.84 Å². The highest BCUT2D eigenvalue weighted by Gasteiger charge is 2.30. The van der Waals surface area contributed by atoms with E-state index in [2.05, 4.69) is 15.9 Å². The normalized spacial score (nSPS) is 11.3. The molecule has 88 valence electrons. The lowest BCUT2D eigenvalue weighted by atomic mass is 10.1. The molecule has 0 saturated carbocycles. The third-order valence-electron chi connectivity index (χ3n) is 2.25. The van der Waals surface area contributed by atoms with Gasteiger partial charge in [-0.3, -0.25) is 0 Å². The third kappa shape index (κ3) is 2.76. The molecule has 0 aromatic heterocycles. The molecule has 0 heterocycles. The van der Waals surface area contributed by atoms with Gasteiger partial charge in [0.05, 0.1) is 4.47 Å². The quantitative estimate of drug-likeness (QED) is 0.927. The monoisotopic (exact) mass is 286 g/mol. The molecular formula is C12H15BrO3. The number of halogens is 1. The Morgan fingerprint density at radius 2 is 1.94 bits per heavy atom. The van der Waals surface area contributed by atoms with E-state index in [0.717, 1.165) is 15.6 Å². The molecule has 0 unspecified atom stereocenters. The van der Waals surface area contributed by atoms with Crippen LogP contribution in [0.5, 0.6) is 5.75 Å². The zero-order valence-corrected chi connectivity index (χ0v) is 11.4. The molecule has 4 heteroatoms. The van der Waals surface area contributed by atoms with Gasteiger partial charge in [-0.05, 0) is 60.8 Å². The van der Waals surface area contributed by atoms with Crippen molar-refractivity contribution in [1.29, 1.82) is 0 Å². The van der Waals surface area contributed by atoms with E-state index in [9.17, 15) is 4.79 Å². The van der Waals surface area contributed by atoms with Crippen LogP contribution in [0.15, 0.2) is 16.6 Å². The first kappa shape index (κ1) is 13.0. The maximum Gasteiger partial charge on any atom is 0.347 e. The molecule has 0 spiro atoms. The molecule has 0 amide bonds. The molecule has 0 radical (unpaired) electrons. The predicted molar refractivity (Wildman–Crippen MR) is 66.0 cm³/mol. The molecule has 1 N–H and O–H groups in total. The average Bonchev–Trinajstić information content (AvgIpc) is 2.11. The van der Waals surface area contributed by atoms with Gasteiger partial charge in [0.1, 0.15) is 5.75 Å². The molecule has 1 rings (SSSR count). The van der Waals surface area contributed by atoms with Crippen molar-refractivity contribution >= 4 is 21.9 Å². The van der Waals surface area contributed by atoms with Crippen LogP contribution >= 0.6 is 15.9 Å². The molecule has 1 aromatic carbocycles. The van der Waals surface area contributed by atoms with E-state index in [1.165, 1.54) is 13.8 Å². The molecular weight excluding hydrogens is 272 g/mol. The highest BCUT2D eigenvalue weighted by Crippen LogP contribution is 2.32. The van der Waals surface area contributed by atoms with Crippen LogP contribution in [0.3, 0.4) is 0 Å². The number of hydrogen-bond donors (Lipinski definition) is 1. The summed E-state index contributed by atoms with van der Waals surface area (Å²) in [5.74, 6) is -0.405. The van der Waals surface area contributed by atoms with Crippen molar-refractivity contribution < 1.29 is 14.6 Å². The fourth-order valence-corrected chi connectivity index (χ4v) is 2.09. The van der Waals surface area contributed by atoms with Gasteiger partial charge in [0.15, 0.2) is 5.60 Å². The van der Waals surface area contributed by atoms with Gasteiger partial charge in [-0.25, -0.2) is 4.79 Å². The Morgan fingerprint density at radius 3 is 2.38 bits per heavy atom. The summed E-state index contributed by atoms with van der Waals surface area (Å²) in [4.78, 5) is 11.0. The minimum absolute atomic E-state index is 0.581. The van der Waals surface area contributed by atoms with Crippen molar-refractivity contribution in [3.05, 3.63) is 27.7 Å². The summed E-state index contributed by atoms with van der Waals surface area (Å²) in [6.07, 6.45) is 0. The molecule has 16 heavy (non-hydrogen) atoms. The first-order valence-corrected chi connectivity index (χ1v) is 5.72. The molecule has 0 aliphatic heterocycles. The SMILES string of the molecule is Cc1cc(C)c(OC(C)(C)C(=O)O)c(Br)c1. The average molecular weight is 287 g/mol. The minimum Gasteiger partial charge on any atom is -0.478 e. The third-order valence-corrected chi connectivity index (χ3v) is 2.83. The zero-order valence-electron chi connectivity index (χ0n) is 9.80. The van der Waals surface area contributed by atoms with Crippen LogP contribution in [0.1, 0.15) is 25.0 Å². The van der Waals surface area contributed by atoms with Crippen molar-refractivity contribution in [3.63, 3.8) is 0 Å². The standard InChI is InChI=1S/C12H15BrO3/c1-7-5-8(2)10(9(13)6-7)16-12(3,4)11(14)15/h5-6H,1-4H3,(H,14,15). The summed E-state index contributed by atoms with van der Waals surface area (Å²) < 4.78 is 6.31. The Bertz CT molecular complexity index is 401. The molecule has 0 fully saturated rings. The summed E-state index contributed by atoms with van der Waals surface area (Å²) in [7, 11) is 0. The van der Waals surface area contributed by atoms with E-state index in [-0.39, 0.29) is 0 Å². The number of carboxylic acid groups (broad SMARTS) is 1. The van der Waals surface area contributed by atoms with Gasteiger partial charge in [-0.15, -0.1) is 0 Å². The Balaban J connectivity index is 3.11. The van der Waals surface area contributed by atoms with E-state index in [0.29, 0.717) is 5.75 Å². The second-order valence-electron chi connectivity index (χ2n) is 4.31. The number of benzene rings is 1. The van der Waals surface area contributed by atoms with Gasteiger partial charge in [-0.1, -0.05) is 6.07 Å². The van der Waals surface area contributed by atoms with E-state index < -0.39 is 11.6 Å². The molecule has 0 aliphatic rings. The molecule has 0 aliphatic carbocycles. The van der Waals surface area contributed by atoms with Crippen LogP contribution in [-0.4, -0.2) is 16.7 Å². The minimum atomic E-state index is -1.23. The van der Waals surface area contributed by atoms with Crippen molar-refractivity contribution in [3.8, 4) is 5.75 Å². The number of aryl methyl sites for hydroxylation is 2. The maximum atomic E-state index is 11.0. The first-order valence-electron chi connectivity index (χ1n) is 4.93. The number of carboxylic acids is 1. The first-order chi connectivity index (χ1) is 7.24. The molecule has 0 atom stereocenters. The highest BCUT2D eigenvalue weighted by molar-refractivity contribution is 9.10. The fraction of sp³-hybridized carbons (Fsp3) is 0.417. The summed E-state index contributed by atoms with van der Waals surface area (Å²) >= 11 is 3.38. The van der Waals surface area contributed by atoms with Crippen LogP contribution < -0.4 is 4.74 Å². The van der Waals surface area contributed by atoms with Crippen molar-refractivity contribution in [1.82, 2.24) is 0 Å². The van der Waals surface area contributed by atoms with E-state index in [4.69, 9.17) is 9.84 Å². The highest BCUT2D eigenvalue weighted by atomic mass is 79.9. The van der Waals surface area contributed by atoms with E-state index in [1.54, 1.807) is 0 Å². The van der Waals surface area contributed by atoms with Crippen molar-refractivity contribution in [2.24, 2.45) is 0 Å². The Kier molecular flexibility index (Phi) is 3.63. The Labute approximate surface area is 104 Å². The van der Waals surface area contributed by atoms with Gasteiger partial charge in [0.25, 0.3) is 0 Å². The lowest BCUT2D eigenvalue weighted by Crippen LogP contribution is -2.38. The van der Waals surface area contributed by atoms with E-state index >= 15 is 0 Å². The van der Waals surface area contributed by atoms with Crippen LogP contribution in [0, 0.1) is 13.8 Å². The summed E-state index contributed by atoms with van der Waals surface area (Å²) in [5.41, 5.74) is 0.786. The topological polar surface area (TPSA) is 46.5 Å². The number of aliphatic carboxylic acids is 1. The second kappa shape index (κ2) is 4.45. The predicted octanol–water partition coefficient (Wildman–Crippen LogP) is 3.31. The Morgan fingerprint density at radius 1 is 1.38 bits per heavy atom. The lowest BCUT2D eigenvalue weighted by molar-refractivity contribution is -0.152. The van der Waals surface area contributed by atoms with Crippen molar-refractivity contribution in [2.75, 3.05) is 0 Å². The maximum absolute atomic E-state index is 11.0. The number of ether oxygens (including phenoxy) is 1. The van der Waals surface area contributed by atoms with Crippen LogP contribution in [0.2, 0.25) is 0 Å². The second-order valence-corrected chi connectivity index (χ2v) is 5.16. The van der Waals surface area contributed by atoms with Crippen LogP contribution in [0.25, 0.3) is 0 Å². The molecule has 0 bridgehead atoms. The molecule has 1 aromatic rings. The Hall–Kier alpha value is -1.03. The number of hydrogen-bond acceptors (Lipinski definition) is 2. The van der Waals surface area contributed by atoms with Gasteiger partial charge in [0, 0.05) is 0 Å². The van der Waals surface area contributed by atoms with Gasteiger partial charge in [0.2, 0.25) is 0 Å². The van der Waals surface area contributed by atoms with E-state index in [1.807, 2.05) is 26.0 Å². The summed E-state index contributed by atoms with van der Waals surface area (Å²) in [6.45, 7) is 6.93. The molecule has 0 saturated heterocycles. The number of rotatable bonds is 3. The smallest absolute Gasteiger partial charge is 0.347 e. The van der Waals surface area contributed by atoms with Crippen LogP contribution in [-0.2, 0) is 4.79 Å². The summed E-state index contributed by atoms with van der Waals surface area (Å²) in [6, 6.07) is 3.86. The zero-order chi connectivity index (χ0) is 12.5. The van der Waals surface area contributed by atoms with Crippen molar-refractivity contribution in [2.45, 2.75) is 33.3 Å². The summed E-state index contributed by atoms with van der Waals surface area (Å²) in [5, 5.41) is 9.00. The van der Waals surface area contributed by atoms with Crippen LogP contribution in [0.4, 0.5) is 0 Å². The largest absolute Gasteiger partial charge is 0.478 e. The fourth-order valence-electron chi connectivity index (χ4n) is 1.33.